The van der Waals surface area contributed by atoms with Gasteiger partial charge in [-0.3, -0.25) is 0 Å². The SMILES string of the molecule is C=C1/C=C\C=C/CC/C=C\C(C(C)/C=C\c2[nH]c3ccccc3c2C)=C/C(=C)N1C. The largest absolute Gasteiger partial charge is 0.355 e. The van der Waals surface area contributed by atoms with Crippen LogP contribution in [0, 0.1) is 12.8 Å². The molecule has 2 nitrogen and oxygen atoms in total. The molecule has 1 aliphatic heterocycles. The number of allylic oxidation sites excluding steroid dienone is 9. The molecule has 0 radical (unpaired) electrons. The monoisotopic (exact) mass is 396 g/mol. The van der Waals surface area contributed by atoms with Crippen molar-refractivity contribution in [2.75, 3.05) is 7.05 Å². The Morgan fingerprint density at radius 2 is 1.80 bits per heavy atom. The third-order valence-electron chi connectivity index (χ3n) is 5.62. The van der Waals surface area contributed by atoms with Crippen molar-refractivity contribution >= 4 is 17.0 Å². The molecule has 1 N–H and O–H groups in total. The minimum absolute atomic E-state index is 0.252. The van der Waals surface area contributed by atoms with Crippen molar-refractivity contribution in [3.8, 4) is 0 Å². The summed E-state index contributed by atoms with van der Waals surface area (Å²) in [6.07, 6.45) is 21.5. The Hall–Kier alpha value is -3.26. The molecule has 2 heterocycles. The van der Waals surface area contributed by atoms with Crippen LogP contribution in [0.2, 0.25) is 0 Å². The molecule has 1 aliphatic rings. The molecule has 2 heteroatoms. The van der Waals surface area contributed by atoms with Crippen LogP contribution < -0.4 is 0 Å². The molecule has 0 fully saturated rings. The van der Waals surface area contributed by atoms with Gasteiger partial charge in [0.1, 0.15) is 0 Å². The number of H-pyrrole nitrogens is 1. The third-order valence-corrected chi connectivity index (χ3v) is 5.62. The maximum absolute atomic E-state index is 4.26. The van der Waals surface area contributed by atoms with E-state index in [1.54, 1.807) is 0 Å². The second-order valence-corrected chi connectivity index (χ2v) is 7.81. The highest BCUT2D eigenvalue weighted by Crippen LogP contribution is 2.25. The molecule has 154 valence electrons. The smallest absolute Gasteiger partial charge is 0.0461 e. The average Bonchev–Trinajstić information content (AvgIpc) is 3.07. The summed E-state index contributed by atoms with van der Waals surface area (Å²) in [5.41, 5.74) is 6.70. The number of aryl methyl sites for hydroxylation is 1. The number of nitrogens with zero attached hydrogens (tertiary/aromatic N) is 1. The first kappa shape index (κ1) is 21.4. The minimum Gasteiger partial charge on any atom is -0.355 e. The van der Waals surface area contributed by atoms with Crippen LogP contribution in [0.1, 0.15) is 31.0 Å². The topological polar surface area (TPSA) is 19.0 Å². The summed E-state index contributed by atoms with van der Waals surface area (Å²) >= 11 is 0. The van der Waals surface area contributed by atoms with E-state index < -0.39 is 0 Å². The number of aromatic amines is 1. The summed E-state index contributed by atoms with van der Waals surface area (Å²) in [5.74, 6) is 0.252. The molecular weight excluding hydrogens is 364 g/mol. The highest BCUT2D eigenvalue weighted by atomic mass is 15.1. The summed E-state index contributed by atoms with van der Waals surface area (Å²) in [7, 11) is 2.00. The van der Waals surface area contributed by atoms with E-state index in [0.717, 1.165) is 29.9 Å². The Balaban J connectivity index is 1.87. The maximum Gasteiger partial charge on any atom is 0.0461 e. The van der Waals surface area contributed by atoms with Crippen molar-refractivity contribution in [3.05, 3.63) is 114 Å². The maximum atomic E-state index is 4.26. The van der Waals surface area contributed by atoms with Crippen molar-refractivity contribution in [2.45, 2.75) is 26.7 Å². The van der Waals surface area contributed by atoms with Crippen molar-refractivity contribution in [3.63, 3.8) is 0 Å². The van der Waals surface area contributed by atoms with Crippen LogP contribution in [0.15, 0.2) is 103 Å². The van der Waals surface area contributed by atoms with E-state index in [1.807, 2.05) is 24.1 Å². The van der Waals surface area contributed by atoms with E-state index in [2.05, 4.69) is 98.8 Å². The standard InChI is InChI=1S/C28H32N2/c1-21(18-19-27-24(4)26-16-12-13-17-28(26)29-27)25-15-11-9-7-6-8-10-14-22(2)30(5)23(3)20-25/h6,8,10-21,29H,2-3,7,9H2,1,4-5H3/b8-6-,14-10-,15-11-,19-18-,25-20+. The first-order chi connectivity index (χ1) is 14.5. The molecule has 3 rings (SSSR count). The van der Waals surface area contributed by atoms with Crippen molar-refractivity contribution in [1.82, 2.24) is 9.88 Å². The lowest BCUT2D eigenvalue weighted by Gasteiger charge is -2.21. The normalized spacial score (nSPS) is 22.1. The highest BCUT2D eigenvalue weighted by molar-refractivity contribution is 5.86. The number of para-hydroxylation sites is 1. The zero-order valence-corrected chi connectivity index (χ0v) is 18.4. The molecule has 1 aromatic heterocycles. The van der Waals surface area contributed by atoms with Gasteiger partial charge in [-0.15, -0.1) is 0 Å². The molecule has 1 aromatic carbocycles. The van der Waals surface area contributed by atoms with Gasteiger partial charge in [-0.1, -0.05) is 74.7 Å². The number of rotatable bonds is 3. The number of benzene rings is 1. The Kier molecular flexibility index (Phi) is 7.13. The van der Waals surface area contributed by atoms with E-state index in [4.69, 9.17) is 0 Å². The number of likely N-dealkylation sites (N-methyl/N-ethyl adjacent to an activating group) is 1. The molecule has 0 saturated heterocycles. The molecule has 30 heavy (non-hydrogen) atoms. The molecule has 0 saturated carbocycles. The number of hydrogen-bond donors (Lipinski definition) is 1. The summed E-state index contributed by atoms with van der Waals surface area (Å²) < 4.78 is 0. The molecule has 0 spiro atoms. The average molecular weight is 397 g/mol. The second kappa shape index (κ2) is 9.98. The molecule has 0 bridgehead atoms. The Labute approximate surface area is 181 Å². The lowest BCUT2D eigenvalue weighted by Crippen LogP contribution is -2.13. The van der Waals surface area contributed by atoms with E-state index in [0.29, 0.717) is 0 Å². The number of aromatic nitrogens is 1. The van der Waals surface area contributed by atoms with Crippen LogP contribution in [0.5, 0.6) is 0 Å². The van der Waals surface area contributed by atoms with Gasteiger partial charge >= 0.3 is 0 Å². The van der Waals surface area contributed by atoms with Crippen molar-refractivity contribution in [1.29, 1.82) is 0 Å². The van der Waals surface area contributed by atoms with Crippen LogP contribution in [0.4, 0.5) is 0 Å². The van der Waals surface area contributed by atoms with Gasteiger partial charge in [-0.2, -0.15) is 0 Å². The quantitative estimate of drug-likeness (QED) is 0.570. The zero-order valence-electron chi connectivity index (χ0n) is 18.4. The number of hydrogen-bond acceptors (Lipinski definition) is 1. The van der Waals surface area contributed by atoms with E-state index in [9.17, 15) is 0 Å². The second-order valence-electron chi connectivity index (χ2n) is 7.81. The first-order valence-corrected chi connectivity index (χ1v) is 10.6. The molecule has 0 aliphatic carbocycles. The molecule has 2 aromatic rings. The van der Waals surface area contributed by atoms with Gasteiger partial charge in [0, 0.05) is 35.0 Å². The van der Waals surface area contributed by atoms with Gasteiger partial charge in [-0.25, -0.2) is 0 Å². The van der Waals surface area contributed by atoms with Crippen LogP contribution in [-0.2, 0) is 0 Å². The predicted molar refractivity (Wildman–Crippen MR) is 132 cm³/mol. The van der Waals surface area contributed by atoms with Gasteiger partial charge in [0.05, 0.1) is 0 Å². The van der Waals surface area contributed by atoms with E-state index in [1.165, 1.54) is 22.0 Å². The first-order valence-electron chi connectivity index (χ1n) is 10.6. The van der Waals surface area contributed by atoms with E-state index in [-0.39, 0.29) is 5.92 Å². The summed E-state index contributed by atoms with van der Waals surface area (Å²) in [5, 5.41) is 1.28. The fourth-order valence-electron chi connectivity index (χ4n) is 3.49. The molecule has 1 unspecified atom stereocenters. The van der Waals surface area contributed by atoms with Gasteiger partial charge in [-0.05, 0) is 61.1 Å². The van der Waals surface area contributed by atoms with Crippen LogP contribution >= 0.6 is 0 Å². The fourth-order valence-corrected chi connectivity index (χ4v) is 3.49. The zero-order chi connectivity index (χ0) is 21.5. The van der Waals surface area contributed by atoms with Crippen LogP contribution in [0.3, 0.4) is 0 Å². The van der Waals surface area contributed by atoms with Gasteiger partial charge in [0.15, 0.2) is 0 Å². The van der Waals surface area contributed by atoms with Gasteiger partial charge in [0.2, 0.25) is 0 Å². The molecular formula is C28H32N2. The Bertz CT molecular complexity index is 1070. The lowest BCUT2D eigenvalue weighted by molar-refractivity contribution is 0.557. The van der Waals surface area contributed by atoms with Gasteiger partial charge in [0.25, 0.3) is 0 Å². The van der Waals surface area contributed by atoms with Crippen molar-refractivity contribution in [2.24, 2.45) is 5.92 Å². The molecule has 1 atom stereocenters. The van der Waals surface area contributed by atoms with Crippen molar-refractivity contribution < 1.29 is 0 Å². The summed E-state index contributed by atoms with van der Waals surface area (Å²) in [6.45, 7) is 12.8. The van der Waals surface area contributed by atoms with Crippen LogP contribution in [-0.4, -0.2) is 16.9 Å². The van der Waals surface area contributed by atoms with E-state index >= 15 is 0 Å². The highest BCUT2D eigenvalue weighted by Gasteiger charge is 2.09. The molecule has 0 amide bonds. The summed E-state index contributed by atoms with van der Waals surface area (Å²) in [6, 6.07) is 8.44. The lowest BCUT2D eigenvalue weighted by atomic mass is 9.97. The van der Waals surface area contributed by atoms with Gasteiger partial charge < -0.3 is 9.88 Å². The predicted octanol–water partition coefficient (Wildman–Crippen LogP) is 7.47. The number of fused-ring (bicyclic) bond motifs is 1. The third kappa shape index (κ3) is 5.21. The number of nitrogens with one attached hydrogen (secondary N) is 1. The Morgan fingerprint density at radius 1 is 1.03 bits per heavy atom. The Morgan fingerprint density at radius 3 is 2.60 bits per heavy atom. The van der Waals surface area contributed by atoms with Crippen LogP contribution in [0.25, 0.3) is 17.0 Å². The fraction of sp³-hybridized carbons (Fsp3) is 0.214. The summed E-state index contributed by atoms with van der Waals surface area (Å²) in [4.78, 5) is 5.55. The minimum atomic E-state index is 0.252.